The van der Waals surface area contributed by atoms with Gasteiger partial charge in [-0.25, -0.2) is 18.7 Å². The fourth-order valence-electron chi connectivity index (χ4n) is 5.27. The molecule has 0 aliphatic carbocycles. The second kappa shape index (κ2) is 11.3. The largest absolute Gasteiger partial charge is 0.497 e. The van der Waals surface area contributed by atoms with Crippen molar-refractivity contribution in [2.24, 2.45) is 0 Å². The molecule has 8 heteroatoms. The SMILES string of the molecule is COc1cccc(Nc2ncc3c(n2)-c2ccc(C#CCN4CCCC4)cc2N(c2c(F)cccc2F)CC3)c1. The molecule has 2 aliphatic rings. The average molecular weight is 538 g/mol. The quantitative estimate of drug-likeness (QED) is 0.301. The maximum atomic E-state index is 15.1. The van der Waals surface area contributed by atoms with Crippen LogP contribution in [0.1, 0.15) is 24.0 Å². The van der Waals surface area contributed by atoms with E-state index < -0.39 is 11.6 Å². The molecule has 6 rings (SSSR count). The van der Waals surface area contributed by atoms with E-state index in [0.717, 1.165) is 35.5 Å². The summed E-state index contributed by atoms with van der Waals surface area (Å²) in [6, 6.07) is 17.2. The van der Waals surface area contributed by atoms with Crippen molar-refractivity contribution in [3.63, 3.8) is 0 Å². The van der Waals surface area contributed by atoms with Gasteiger partial charge in [-0.2, -0.15) is 0 Å². The number of aromatic nitrogens is 2. The topological polar surface area (TPSA) is 53.5 Å². The van der Waals surface area contributed by atoms with E-state index in [-0.39, 0.29) is 5.69 Å². The van der Waals surface area contributed by atoms with Crippen LogP contribution in [0.3, 0.4) is 0 Å². The molecule has 0 bridgehead atoms. The van der Waals surface area contributed by atoms with Crippen LogP contribution >= 0.6 is 0 Å². The fourth-order valence-corrected chi connectivity index (χ4v) is 5.27. The zero-order valence-corrected chi connectivity index (χ0v) is 22.3. The molecule has 0 saturated carbocycles. The number of nitrogens with zero attached hydrogens (tertiary/aromatic N) is 4. The molecule has 6 nitrogen and oxygen atoms in total. The molecule has 0 unspecified atom stereocenters. The van der Waals surface area contributed by atoms with Gasteiger partial charge < -0.3 is 15.0 Å². The number of ether oxygens (including phenoxy) is 1. The monoisotopic (exact) mass is 537 g/mol. The summed E-state index contributed by atoms with van der Waals surface area (Å²) in [5, 5.41) is 3.24. The van der Waals surface area contributed by atoms with Gasteiger partial charge in [-0.1, -0.05) is 24.0 Å². The Bertz CT molecular complexity index is 1590. The molecule has 2 aliphatic heterocycles. The van der Waals surface area contributed by atoms with Gasteiger partial charge in [0.2, 0.25) is 5.95 Å². The molecule has 1 fully saturated rings. The van der Waals surface area contributed by atoms with Gasteiger partial charge in [-0.3, -0.25) is 4.90 Å². The maximum absolute atomic E-state index is 15.1. The second-order valence-electron chi connectivity index (χ2n) is 9.91. The first-order valence-corrected chi connectivity index (χ1v) is 13.4. The molecule has 40 heavy (non-hydrogen) atoms. The molecule has 0 atom stereocenters. The zero-order valence-electron chi connectivity index (χ0n) is 22.3. The number of hydrogen-bond donors (Lipinski definition) is 1. The van der Waals surface area contributed by atoms with Crippen LogP contribution in [0.2, 0.25) is 0 Å². The summed E-state index contributed by atoms with van der Waals surface area (Å²) in [5.74, 6) is 6.43. The number of fused-ring (bicyclic) bond motifs is 3. The van der Waals surface area contributed by atoms with Gasteiger partial charge in [0.05, 0.1) is 25.0 Å². The van der Waals surface area contributed by atoms with Gasteiger partial charge in [-0.15, -0.1) is 0 Å². The van der Waals surface area contributed by atoms with E-state index in [1.165, 1.54) is 31.0 Å². The van der Waals surface area contributed by atoms with Crippen molar-refractivity contribution in [2.45, 2.75) is 19.3 Å². The van der Waals surface area contributed by atoms with Gasteiger partial charge >= 0.3 is 0 Å². The van der Waals surface area contributed by atoms with Gasteiger partial charge in [-0.05, 0) is 80.4 Å². The van der Waals surface area contributed by atoms with Gasteiger partial charge in [0, 0.05) is 35.6 Å². The molecule has 3 heterocycles. The minimum atomic E-state index is -0.617. The fraction of sp³-hybridized carbons (Fsp3) is 0.250. The molecule has 1 aromatic heterocycles. The summed E-state index contributed by atoms with van der Waals surface area (Å²) in [6.07, 6.45) is 4.70. The summed E-state index contributed by atoms with van der Waals surface area (Å²) in [6.45, 7) is 3.20. The predicted molar refractivity (Wildman–Crippen MR) is 153 cm³/mol. The highest BCUT2D eigenvalue weighted by atomic mass is 19.1. The Kier molecular flexibility index (Phi) is 7.30. The normalized spacial score (nSPS) is 14.5. The minimum absolute atomic E-state index is 0.0820. The number of rotatable bonds is 5. The van der Waals surface area contributed by atoms with E-state index >= 15 is 8.78 Å². The lowest BCUT2D eigenvalue weighted by molar-refractivity contribution is 0.383. The lowest BCUT2D eigenvalue weighted by atomic mass is 10.0. The minimum Gasteiger partial charge on any atom is -0.497 e. The Morgan fingerprint density at radius 1 is 0.975 bits per heavy atom. The molecule has 3 aromatic carbocycles. The molecule has 1 N–H and O–H groups in total. The van der Waals surface area contributed by atoms with Gasteiger partial charge in [0.1, 0.15) is 23.1 Å². The lowest BCUT2D eigenvalue weighted by Crippen LogP contribution is -2.22. The first-order chi connectivity index (χ1) is 19.6. The number of anilines is 4. The third-order valence-corrected chi connectivity index (χ3v) is 7.28. The number of methoxy groups -OCH3 is 1. The highest BCUT2D eigenvalue weighted by Crippen LogP contribution is 2.41. The second-order valence-corrected chi connectivity index (χ2v) is 9.91. The van der Waals surface area contributed by atoms with Crippen molar-refractivity contribution in [3.8, 4) is 28.8 Å². The third kappa shape index (κ3) is 5.33. The smallest absolute Gasteiger partial charge is 0.227 e. The van der Waals surface area contributed by atoms with Crippen LogP contribution in [0, 0.1) is 23.5 Å². The number of likely N-dealkylation sites (tertiary alicyclic amines) is 1. The van der Waals surface area contributed by atoms with Crippen LogP contribution in [0.15, 0.2) is 66.9 Å². The summed E-state index contributed by atoms with van der Waals surface area (Å²) in [5.41, 5.74) is 4.51. The summed E-state index contributed by atoms with van der Waals surface area (Å²) in [7, 11) is 1.62. The van der Waals surface area contributed by atoms with Gasteiger partial charge in [0.15, 0.2) is 0 Å². The molecule has 0 amide bonds. The number of benzene rings is 3. The maximum Gasteiger partial charge on any atom is 0.227 e. The number of para-hydroxylation sites is 1. The van der Waals surface area contributed by atoms with Crippen LogP contribution in [-0.4, -0.2) is 48.2 Å². The van der Waals surface area contributed by atoms with Crippen molar-refractivity contribution in [2.75, 3.05) is 43.5 Å². The van der Waals surface area contributed by atoms with Crippen molar-refractivity contribution < 1.29 is 13.5 Å². The Labute approximate surface area is 232 Å². The Morgan fingerprint density at radius 2 is 1.77 bits per heavy atom. The number of nitrogens with one attached hydrogen (secondary N) is 1. The van der Waals surface area contributed by atoms with Crippen molar-refractivity contribution >= 4 is 23.0 Å². The molecular weight excluding hydrogens is 508 g/mol. The van der Waals surface area contributed by atoms with Crippen molar-refractivity contribution in [1.29, 1.82) is 0 Å². The van der Waals surface area contributed by atoms with Crippen LogP contribution < -0.4 is 15.0 Å². The van der Waals surface area contributed by atoms with E-state index in [1.807, 2.05) is 42.5 Å². The molecule has 202 valence electrons. The first-order valence-electron chi connectivity index (χ1n) is 13.4. The lowest BCUT2D eigenvalue weighted by Gasteiger charge is -2.26. The Hall–Kier alpha value is -4.48. The van der Waals surface area contributed by atoms with Crippen LogP contribution in [0.25, 0.3) is 11.3 Å². The van der Waals surface area contributed by atoms with Crippen LogP contribution in [0.4, 0.5) is 31.8 Å². The average Bonchev–Trinajstić information content (AvgIpc) is 3.43. The summed E-state index contributed by atoms with van der Waals surface area (Å²) >= 11 is 0. The van der Waals surface area contributed by atoms with E-state index in [0.29, 0.717) is 42.6 Å². The van der Waals surface area contributed by atoms with Crippen LogP contribution in [-0.2, 0) is 6.42 Å². The standard InChI is InChI=1S/C32H29F2N5O/c1-40-25-9-4-8-24(20-25)36-32-35-21-23-14-18-39(31-27(33)10-5-11-28(31)34)29-19-22(12-13-26(29)30(23)37-32)7-6-17-38-15-2-3-16-38/h4-5,8-13,19-21H,2-3,14-18H2,1H3,(H,35,36,37). The molecular formula is C32H29F2N5O. The van der Waals surface area contributed by atoms with E-state index in [2.05, 4.69) is 27.0 Å². The highest BCUT2D eigenvalue weighted by molar-refractivity contribution is 5.85. The highest BCUT2D eigenvalue weighted by Gasteiger charge is 2.27. The molecule has 0 radical (unpaired) electrons. The molecule has 0 spiro atoms. The van der Waals surface area contributed by atoms with E-state index in [9.17, 15) is 0 Å². The number of hydrogen-bond acceptors (Lipinski definition) is 6. The first kappa shape index (κ1) is 25.8. The summed E-state index contributed by atoms with van der Waals surface area (Å²) in [4.78, 5) is 13.4. The van der Waals surface area contributed by atoms with E-state index in [1.54, 1.807) is 18.2 Å². The third-order valence-electron chi connectivity index (χ3n) is 7.28. The summed E-state index contributed by atoms with van der Waals surface area (Å²) < 4.78 is 35.5. The van der Waals surface area contributed by atoms with Crippen LogP contribution in [0.5, 0.6) is 5.75 Å². The molecule has 1 saturated heterocycles. The Morgan fingerprint density at radius 3 is 2.58 bits per heavy atom. The zero-order chi connectivity index (χ0) is 27.5. The number of halogens is 2. The van der Waals surface area contributed by atoms with E-state index in [4.69, 9.17) is 9.72 Å². The Balaban J connectivity index is 1.41. The van der Waals surface area contributed by atoms with Gasteiger partial charge in [0.25, 0.3) is 0 Å². The molecule has 4 aromatic rings. The predicted octanol–water partition coefficient (Wildman–Crippen LogP) is 6.32. The van der Waals surface area contributed by atoms with Crippen molar-refractivity contribution in [3.05, 3.63) is 89.6 Å². The van der Waals surface area contributed by atoms with Crippen molar-refractivity contribution in [1.82, 2.24) is 14.9 Å².